The van der Waals surface area contributed by atoms with Crippen LogP contribution in [0.4, 0.5) is 0 Å². The van der Waals surface area contributed by atoms with E-state index >= 15 is 0 Å². The van der Waals surface area contributed by atoms with Crippen molar-refractivity contribution in [3.05, 3.63) is 5.21 Å². The molecule has 0 spiro atoms. The van der Waals surface area contributed by atoms with Crippen LogP contribution in [-0.4, -0.2) is 31.1 Å². The number of ether oxygens (including phenoxy) is 1. The lowest BCUT2D eigenvalue weighted by Gasteiger charge is -1.99. The van der Waals surface area contributed by atoms with Crippen LogP contribution in [-0.2, 0) is 14.4 Å². The Balaban J connectivity index is 3.53. The predicted molar refractivity (Wildman–Crippen MR) is 39.2 cm³/mol. The molecule has 0 atom stereocenters. The number of nitrogens with zero attached hydrogens (tertiary/aromatic N) is 2. The highest BCUT2D eigenvalue weighted by Crippen LogP contribution is 1.88. The highest BCUT2D eigenvalue weighted by Gasteiger charge is 2.05. The van der Waals surface area contributed by atoms with Gasteiger partial charge in [0.2, 0.25) is 0 Å². The molecule has 0 aromatic carbocycles. The van der Waals surface area contributed by atoms with Gasteiger partial charge in [-0.05, 0) is 6.92 Å². The molecule has 0 radical (unpaired) electrons. The van der Waals surface area contributed by atoms with Crippen molar-refractivity contribution in [3.8, 4) is 0 Å². The van der Waals surface area contributed by atoms with Gasteiger partial charge in [-0.2, -0.15) is 0 Å². The molecule has 0 heterocycles. The zero-order chi connectivity index (χ0) is 9.40. The van der Waals surface area contributed by atoms with Crippen molar-refractivity contribution in [2.24, 2.45) is 5.28 Å². The predicted octanol–water partition coefficient (Wildman–Crippen LogP) is 0.464. The summed E-state index contributed by atoms with van der Waals surface area (Å²) in [6.45, 7) is 1.97. The van der Waals surface area contributed by atoms with Crippen LogP contribution < -0.4 is 0 Å². The summed E-state index contributed by atoms with van der Waals surface area (Å²) in [6.07, 6.45) is 0.0181. The molecule has 0 aliphatic rings. The maximum absolute atomic E-state index is 10.7. The van der Waals surface area contributed by atoms with Crippen LogP contribution in [0, 0.1) is 5.21 Å². The molecule has 0 saturated carbocycles. The normalized spacial score (nSPS) is 11.0. The van der Waals surface area contributed by atoms with Crippen molar-refractivity contribution >= 4 is 5.97 Å². The third-order valence-corrected chi connectivity index (χ3v) is 0.985. The molecule has 0 aromatic heterocycles. The van der Waals surface area contributed by atoms with E-state index in [0.29, 0.717) is 6.61 Å². The topological polar surface area (TPSA) is 74.0 Å². The maximum atomic E-state index is 10.7. The molecule has 0 amide bonds. The number of carbonyl (C=O) groups excluding carboxylic acids is 1. The summed E-state index contributed by atoms with van der Waals surface area (Å²) in [7, 11) is 1.26. The second kappa shape index (κ2) is 6.38. The van der Waals surface area contributed by atoms with Crippen molar-refractivity contribution in [1.82, 2.24) is 0 Å². The van der Waals surface area contributed by atoms with E-state index in [0.717, 1.165) is 0 Å². The van der Waals surface area contributed by atoms with E-state index < -0.39 is 5.97 Å². The van der Waals surface area contributed by atoms with Crippen LogP contribution in [0.15, 0.2) is 5.28 Å². The Labute approximate surface area is 70.3 Å². The van der Waals surface area contributed by atoms with Crippen LogP contribution in [0.5, 0.6) is 0 Å². The quantitative estimate of drug-likeness (QED) is 0.264. The standard InChI is InChI=1S/C6H12N2O4/c1-3-12-6(9)4-5-8(10)7-11-2/h3-5H2,1-2H3/b8-7-. The number of hydrogen-bond acceptors (Lipinski definition) is 5. The van der Waals surface area contributed by atoms with Gasteiger partial charge in [-0.1, -0.05) is 4.86 Å². The highest BCUT2D eigenvalue weighted by atomic mass is 16.7. The fourth-order valence-corrected chi connectivity index (χ4v) is 0.552. The third kappa shape index (κ3) is 5.45. The molecule has 6 nitrogen and oxygen atoms in total. The zero-order valence-electron chi connectivity index (χ0n) is 7.15. The van der Waals surface area contributed by atoms with Gasteiger partial charge in [0.15, 0.2) is 11.8 Å². The Hall–Kier alpha value is -1.33. The first-order valence-corrected chi connectivity index (χ1v) is 3.55. The molecule has 0 bridgehead atoms. The molecular weight excluding hydrogens is 164 g/mol. The first kappa shape index (κ1) is 10.7. The maximum Gasteiger partial charge on any atom is 0.312 e. The molecule has 6 heteroatoms. The molecule has 0 aliphatic carbocycles. The fourth-order valence-electron chi connectivity index (χ4n) is 0.552. The van der Waals surface area contributed by atoms with Crippen molar-refractivity contribution in [3.63, 3.8) is 0 Å². The van der Waals surface area contributed by atoms with E-state index in [4.69, 9.17) is 0 Å². The molecule has 12 heavy (non-hydrogen) atoms. The van der Waals surface area contributed by atoms with Gasteiger partial charge in [0, 0.05) is 0 Å². The number of rotatable bonds is 5. The van der Waals surface area contributed by atoms with Crippen LogP contribution >= 0.6 is 0 Å². The second-order valence-electron chi connectivity index (χ2n) is 1.90. The van der Waals surface area contributed by atoms with Crippen LogP contribution in [0.25, 0.3) is 0 Å². The van der Waals surface area contributed by atoms with Crippen LogP contribution in [0.2, 0.25) is 0 Å². The smallest absolute Gasteiger partial charge is 0.312 e. The molecular formula is C6H12N2O4. The Morgan fingerprint density at radius 3 is 2.83 bits per heavy atom. The Morgan fingerprint density at radius 1 is 1.67 bits per heavy atom. The van der Waals surface area contributed by atoms with Crippen molar-refractivity contribution in [1.29, 1.82) is 0 Å². The van der Waals surface area contributed by atoms with E-state index in [9.17, 15) is 10.0 Å². The van der Waals surface area contributed by atoms with Gasteiger partial charge in [0.05, 0.1) is 6.61 Å². The lowest BCUT2D eigenvalue weighted by atomic mass is 10.4. The molecule has 70 valence electrons. The van der Waals surface area contributed by atoms with E-state index in [1.165, 1.54) is 7.11 Å². The number of carbonyl (C=O) groups is 1. The van der Waals surface area contributed by atoms with Gasteiger partial charge in [0.25, 0.3) is 0 Å². The average molecular weight is 176 g/mol. The molecule has 0 aromatic rings. The first-order chi connectivity index (χ1) is 5.70. The van der Waals surface area contributed by atoms with Gasteiger partial charge in [-0.3, -0.25) is 4.79 Å². The highest BCUT2D eigenvalue weighted by molar-refractivity contribution is 5.69. The third-order valence-electron chi connectivity index (χ3n) is 0.985. The summed E-state index contributed by atoms with van der Waals surface area (Å²) >= 11 is 0. The van der Waals surface area contributed by atoms with Gasteiger partial charge in [-0.25, -0.2) is 0 Å². The minimum Gasteiger partial charge on any atom is -0.597 e. The van der Waals surface area contributed by atoms with E-state index in [1.54, 1.807) is 6.92 Å². The lowest BCUT2D eigenvalue weighted by molar-refractivity contribution is -0.556. The van der Waals surface area contributed by atoms with Gasteiger partial charge >= 0.3 is 5.97 Å². The Kier molecular flexibility index (Phi) is 5.68. The average Bonchev–Trinajstić information content (AvgIpc) is 2.02. The molecule has 0 rings (SSSR count). The molecule has 0 aliphatic heterocycles. The molecule has 0 unspecified atom stereocenters. The SMILES string of the molecule is CCOC(=O)CC/[N+]([O-])=N/OC. The molecule has 0 saturated heterocycles. The number of esters is 1. The summed E-state index contributed by atoms with van der Waals surface area (Å²) in [6, 6.07) is 0. The minimum absolute atomic E-state index is 0.0181. The summed E-state index contributed by atoms with van der Waals surface area (Å²) in [5, 5.41) is 13.6. The summed E-state index contributed by atoms with van der Waals surface area (Å²) in [5.74, 6) is -0.412. The first-order valence-electron chi connectivity index (χ1n) is 3.55. The lowest BCUT2D eigenvalue weighted by Crippen LogP contribution is -2.12. The molecule has 0 fully saturated rings. The van der Waals surface area contributed by atoms with Gasteiger partial charge in [-0.15, -0.1) is 0 Å². The van der Waals surface area contributed by atoms with Crippen molar-refractivity contribution in [2.45, 2.75) is 13.3 Å². The summed E-state index contributed by atoms with van der Waals surface area (Å²) in [5.41, 5.74) is 0. The number of hydroxylamine groups is 1. The van der Waals surface area contributed by atoms with Gasteiger partial charge < -0.3 is 14.8 Å². The van der Waals surface area contributed by atoms with Crippen molar-refractivity contribution in [2.75, 3.05) is 20.3 Å². The van der Waals surface area contributed by atoms with Crippen LogP contribution in [0.3, 0.4) is 0 Å². The summed E-state index contributed by atoms with van der Waals surface area (Å²) < 4.78 is 4.58. The second-order valence-corrected chi connectivity index (χ2v) is 1.90. The Morgan fingerprint density at radius 2 is 2.33 bits per heavy atom. The minimum atomic E-state index is -0.412. The number of hydrogen-bond donors (Lipinski definition) is 0. The van der Waals surface area contributed by atoms with E-state index in [2.05, 4.69) is 14.9 Å². The van der Waals surface area contributed by atoms with Crippen molar-refractivity contribution < 1.29 is 19.2 Å². The largest absolute Gasteiger partial charge is 0.597 e. The van der Waals surface area contributed by atoms with E-state index in [-0.39, 0.29) is 17.8 Å². The Bertz CT molecular complexity index is 169. The molecule has 0 N–H and O–H groups in total. The zero-order valence-corrected chi connectivity index (χ0v) is 7.15. The monoisotopic (exact) mass is 176 g/mol. The van der Waals surface area contributed by atoms with Gasteiger partial charge in [0.1, 0.15) is 13.5 Å². The fraction of sp³-hybridized carbons (Fsp3) is 0.833. The summed E-state index contributed by atoms with van der Waals surface area (Å²) in [4.78, 5) is 15.2. The van der Waals surface area contributed by atoms with E-state index in [1.807, 2.05) is 0 Å². The van der Waals surface area contributed by atoms with Crippen LogP contribution in [0.1, 0.15) is 13.3 Å².